The van der Waals surface area contributed by atoms with Crippen LogP contribution in [-0.2, 0) is 16.4 Å². The number of hydrogen-bond donors (Lipinski definition) is 1. The van der Waals surface area contributed by atoms with Crippen LogP contribution in [0.2, 0.25) is 0 Å². The van der Waals surface area contributed by atoms with Crippen molar-refractivity contribution in [2.75, 3.05) is 11.5 Å². The number of rotatable bonds is 4. The summed E-state index contributed by atoms with van der Waals surface area (Å²) >= 11 is 0. The molecule has 0 bridgehead atoms. The van der Waals surface area contributed by atoms with Crippen LogP contribution in [0.15, 0.2) is 12.4 Å². The van der Waals surface area contributed by atoms with Crippen molar-refractivity contribution in [3.05, 3.63) is 18.0 Å². The monoisotopic (exact) mass is 271 g/mol. The van der Waals surface area contributed by atoms with Crippen LogP contribution in [0.5, 0.6) is 0 Å². The van der Waals surface area contributed by atoms with E-state index in [4.69, 9.17) is 0 Å². The molecule has 1 fully saturated rings. The molecule has 0 saturated carbocycles. The van der Waals surface area contributed by atoms with E-state index in [1.165, 1.54) is 0 Å². The van der Waals surface area contributed by atoms with Gasteiger partial charge in [0, 0.05) is 30.4 Å². The molecule has 1 unspecified atom stereocenters. The van der Waals surface area contributed by atoms with Gasteiger partial charge in [-0.05, 0) is 26.7 Å². The first-order valence-corrected chi connectivity index (χ1v) is 8.31. The fourth-order valence-corrected chi connectivity index (χ4v) is 3.77. The van der Waals surface area contributed by atoms with E-state index in [0.717, 1.165) is 12.1 Å². The summed E-state index contributed by atoms with van der Waals surface area (Å²) in [6.45, 7) is 5.02. The minimum Gasteiger partial charge on any atom is -0.307 e. The van der Waals surface area contributed by atoms with E-state index in [0.29, 0.717) is 30.4 Å². The summed E-state index contributed by atoms with van der Waals surface area (Å²) in [5.74, 6) is 0.622. The molecular weight excluding hydrogens is 250 g/mol. The van der Waals surface area contributed by atoms with E-state index in [1.54, 1.807) is 0 Å². The molecule has 1 aliphatic rings. The lowest BCUT2D eigenvalue weighted by molar-refractivity contribution is 0.420. The molecule has 1 atom stereocenters. The van der Waals surface area contributed by atoms with Gasteiger partial charge in [-0.2, -0.15) is 5.10 Å². The normalized spacial score (nSPS) is 21.9. The van der Waals surface area contributed by atoms with Crippen LogP contribution in [0.4, 0.5) is 0 Å². The van der Waals surface area contributed by atoms with Gasteiger partial charge in [0.2, 0.25) is 0 Å². The quantitative estimate of drug-likeness (QED) is 0.891. The summed E-state index contributed by atoms with van der Waals surface area (Å²) in [5, 5.41) is 7.75. The van der Waals surface area contributed by atoms with Crippen LogP contribution in [0, 0.1) is 0 Å². The molecule has 1 N–H and O–H groups in total. The number of aryl methyl sites for hydroxylation is 1. The van der Waals surface area contributed by atoms with Gasteiger partial charge < -0.3 is 5.32 Å². The van der Waals surface area contributed by atoms with Gasteiger partial charge in [-0.15, -0.1) is 0 Å². The average molecular weight is 271 g/mol. The highest BCUT2D eigenvalue weighted by Gasteiger charge is 2.24. The molecule has 0 amide bonds. The summed E-state index contributed by atoms with van der Waals surface area (Å²) < 4.78 is 24.6. The molecule has 1 saturated heterocycles. The van der Waals surface area contributed by atoms with E-state index in [2.05, 4.69) is 24.3 Å². The van der Waals surface area contributed by atoms with Gasteiger partial charge in [0.25, 0.3) is 0 Å². The summed E-state index contributed by atoms with van der Waals surface area (Å²) in [6.07, 6.45) is 5.35. The third-order valence-corrected chi connectivity index (χ3v) is 5.23. The zero-order valence-electron chi connectivity index (χ0n) is 11.0. The lowest BCUT2D eigenvalue weighted by Gasteiger charge is -2.26. The third-order valence-electron chi connectivity index (χ3n) is 3.52. The van der Waals surface area contributed by atoms with Crippen molar-refractivity contribution >= 4 is 9.84 Å². The SMILES string of the molecule is CCn1cc(C(C)NC2CCS(=O)(=O)CC2)cn1. The predicted octanol–water partition coefficient (Wildman–Crippen LogP) is 1.13. The summed E-state index contributed by atoms with van der Waals surface area (Å²) in [5.41, 5.74) is 1.16. The second-order valence-corrected chi connectivity index (χ2v) is 7.25. The number of sulfone groups is 1. The zero-order valence-corrected chi connectivity index (χ0v) is 11.8. The van der Waals surface area contributed by atoms with Crippen LogP contribution in [-0.4, -0.2) is 35.7 Å². The largest absolute Gasteiger partial charge is 0.307 e. The highest BCUT2D eigenvalue weighted by atomic mass is 32.2. The van der Waals surface area contributed by atoms with Crippen molar-refractivity contribution in [1.82, 2.24) is 15.1 Å². The fraction of sp³-hybridized carbons (Fsp3) is 0.750. The second-order valence-electron chi connectivity index (χ2n) is 4.94. The Kier molecular flexibility index (Phi) is 4.07. The van der Waals surface area contributed by atoms with Crippen LogP contribution in [0.1, 0.15) is 38.3 Å². The highest BCUT2D eigenvalue weighted by Crippen LogP contribution is 2.17. The Morgan fingerprint density at radius 2 is 2.17 bits per heavy atom. The standard InChI is InChI=1S/C12H21N3O2S/c1-3-15-9-11(8-13-15)10(2)14-12-4-6-18(16,17)7-5-12/h8-10,12,14H,3-7H2,1-2H3. The van der Waals surface area contributed by atoms with Crippen LogP contribution in [0.3, 0.4) is 0 Å². The van der Waals surface area contributed by atoms with Gasteiger partial charge in [-0.25, -0.2) is 8.42 Å². The first-order chi connectivity index (χ1) is 8.50. The molecule has 0 spiro atoms. The van der Waals surface area contributed by atoms with Crippen LogP contribution >= 0.6 is 0 Å². The molecule has 1 aliphatic heterocycles. The molecule has 5 nitrogen and oxygen atoms in total. The van der Waals surface area contributed by atoms with E-state index < -0.39 is 9.84 Å². The van der Waals surface area contributed by atoms with Crippen molar-refractivity contribution in [2.24, 2.45) is 0 Å². The lowest BCUT2D eigenvalue weighted by Crippen LogP contribution is -2.38. The van der Waals surface area contributed by atoms with Crippen molar-refractivity contribution in [3.63, 3.8) is 0 Å². The first kappa shape index (κ1) is 13.5. The molecule has 0 aliphatic carbocycles. The minimum absolute atomic E-state index is 0.219. The van der Waals surface area contributed by atoms with Gasteiger partial charge in [0.1, 0.15) is 9.84 Å². The first-order valence-electron chi connectivity index (χ1n) is 6.49. The van der Waals surface area contributed by atoms with Gasteiger partial charge in [-0.3, -0.25) is 4.68 Å². The number of aromatic nitrogens is 2. The van der Waals surface area contributed by atoms with E-state index in [9.17, 15) is 8.42 Å². The Balaban J connectivity index is 1.90. The number of hydrogen-bond acceptors (Lipinski definition) is 4. The van der Waals surface area contributed by atoms with Gasteiger partial charge in [0.15, 0.2) is 0 Å². The van der Waals surface area contributed by atoms with Gasteiger partial charge in [-0.1, -0.05) is 0 Å². The Labute approximate surface area is 108 Å². The molecule has 1 aromatic heterocycles. The maximum Gasteiger partial charge on any atom is 0.150 e. The van der Waals surface area contributed by atoms with Gasteiger partial charge in [0.05, 0.1) is 17.7 Å². The Bertz CT molecular complexity index is 481. The smallest absolute Gasteiger partial charge is 0.150 e. The molecule has 0 radical (unpaired) electrons. The van der Waals surface area contributed by atoms with Crippen LogP contribution < -0.4 is 5.32 Å². The molecule has 0 aromatic carbocycles. The predicted molar refractivity (Wildman–Crippen MR) is 71.1 cm³/mol. The van der Waals surface area contributed by atoms with E-state index in [1.807, 2.05) is 17.1 Å². The highest BCUT2D eigenvalue weighted by molar-refractivity contribution is 7.91. The van der Waals surface area contributed by atoms with Crippen molar-refractivity contribution < 1.29 is 8.42 Å². The summed E-state index contributed by atoms with van der Waals surface area (Å²) in [4.78, 5) is 0. The molecule has 6 heteroatoms. The van der Waals surface area contributed by atoms with Crippen molar-refractivity contribution in [1.29, 1.82) is 0 Å². The molecule has 2 rings (SSSR count). The van der Waals surface area contributed by atoms with Gasteiger partial charge >= 0.3 is 0 Å². The maximum atomic E-state index is 11.4. The Morgan fingerprint density at radius 1 is 1.50 bits per heavy atom. The Morgan fingerprint density at radius 3 is 2.72 bits per heavy atom. The zero-order chi connectivity index (χ0) is 13.2. The van der Waals surface area contributed by atoms with Crippen molar-refractivity contribution in [3.8, 4) is 0 Å². The third kappa shape index (κ3) is 3.32. The molecule has 18 heavy (non-hydrogen) atoms. The maximum absolute atomic E-state index is 11.4. The van der Waals surface area contributed by atoms with E-state index in [-0.39, 0.29) is 6.04 Å². The number of nitrogens with zero attached hydrogens (tertiary/aromatic N) is 2. The summed E-state index contributed by atoms with van der Waals surface area (Å²) in [7, 11) is -2.77. The molecular formula is C12H21N3O2S. The second kappa shape index (κ2) is 5.40. The fourth-order valence-electron chi connectivity index (χ4n) is 2.28. The molecule has 2 heterocycles. The molecule has 102 valence electrons. The minimum atomic E-state index is -2.77. The average Bonchev–Trinajstić information content (AvgIpc) is 2.80. The summed E-state index contributed by atoms with van der Waals surface area (Å²) in [6, 6.07) is 0.518. The topological polar surface area (TPSA) is 64.0 Å². The molecule has 1 aromatic rings. The van der Waals surface area contributed by atoms with Crippen molar-refractivity contribution in [2.45, 2.75) is 45.3 Å². The lowest BCUT2D eigenvalue weighted by atomic mass is 10.1. The van der Waals surface area contributed by atoms with Crippen LogP contribution in [0.25, 0.3) is 0 Å². The Hall–Kier alpha value is -0.880. The van der Waals surface area contributed by atoms with E-state index >= 15 is 0 Å². The number of nitrogens with one attached hydrogen (secondary N) is 1.